The summed E-state index contributed by atoms with van der Waals surface area (Å²) in [6.07, 6.45) is 1.51. The molecule has 0 atom stereocenters. The molecular formula is C29H24N2O5S. The number of para-hydroxylation sites is 2. The highest BCUT2D eigenvalue weighted by Crippen LogP contribution is 2.28. The van der Waals surface area contributed by atoms with Crippen LogP contribution in [0.15, 0.2) is 96.1 Å². The Hall–Kier alpha value is -4.43. The molecule has 0 N–H and O–H groups in total. The zero-order chi connectivity index (χ0) is 25.6. The number of carbonyl (C=O) groups is 1. The lowest BCUT2D eigenvalue weighted by Crippen LogP contribution is -2.21. The van der Waals surface area contributed by atoms with E-state index in [0.717, 1.165) is 22.6 Å². The number of thiophene rings is 1. The molecule has 0 aliphatic carbocycles. The highest BCUT2D eigenvalue weighted by Gasteiger charge is 2.20. The fourth-order valence-electron chi connectivity index (χ4n) is 3.87. The van der Waals surface area contributed by atoms with Gasteiger partial charge in [0.1, 0.15) is 40.2 Å². The molecule has 0 spiro atoms. The van der Waals surface area contributed by atoms with Crippen molar-refractivity contribution in [2.75, 3.05) is 13.2 Å². The van der Waals surface area contributed by atoms with Crippen LogP contribution in [-0.2, 0) is 11.3 Å². The lowest BCUT2D eigenvalue weighted by atomic mass is 10.2. The summed E-state index contributed by atoms with van der Waals surface area (Å²) in [4.78, 5) is 31.3. The molecule has 0 amide bonds. The summed E-state index contributed by atoms with van der Waals surface area (Å²) in [6.45, 7) is 2.40. The summed E-state index contributed by atoms with van der Waals surface area (Å²) >= 11 is 1.16. The van der Waals surface area contributed by atoms with Gasteiger partial charge in [-0.2, -0.15) is 0 Å². The third kappa shape index (κ3) is 5.70. The van der Waals surface area contributed by atoms with E-state index in [2.05, 4.69) is 4.98 Å². The highest BCUT2D eigenvalue weighted by molar-refractivity contribution is 7.20. The Labute approximate surface area is 217 Å². The van der Waals surface area contributed by atoms with Crippen LogP contribution in [0.25, 0.3) is 10.2 Å². The maximum absolute atomic E-state index is 13.3. The van der Waals surface area contributed by atoms with Crippen LogP contribution >= 0.6 is 11.3 Å². The number of rotatable bonds is 9. The van der Waals surface area contributed by atoms with Gasteiger partial charge in [0, 0.05) is 0 Å². The molecule has 2 aromatic heterocycles. The largest absolute Gasteiger partial charge is 0.490 e. The number of ether oxygens (including phenoxy) is 3. The molecule has 0 unspecified atom stereocenters. The van der Waals surface area contributed by atoms with Crippen molar-refractivity contribution in [3.8, 4) is 17.2 Å². The van der Waals surface area contributed by atoms with Gasteiger partial charge >= 0.3 is 5.97 Å². The first-order chi connectivity index (χ1) is 18.1. The second-order valence-electron chi connectivity index (χ2n) is 8.27. The van der Waals surface area contributed by atoms with E-state index in [-0.39, 0.29) is 18.8 Å². The predicted octanol–water partition coefficient (Wildman–Crippen LogP) is 5.84. The summed E-state index contributed by atoms with van der Waals surface area (Å²) in [6, 6.07) is 26.4. The molecule has 0 fully saturated rings. The Morgan fingerprint density at radius 3 is 2.35 bits per heavy atom. The molecule has 8 heteroatoms. The van der Waals surface area contributed by atoms with Crippen molar-refractivity contribution in [1.29, 1.82) is 0 Å². The van der Waals surface area contributed by atoms with Gasteiger partial charge in [0.25, 0.3) is 5.56 Å². The van der Waals surface area contributed by atoms with Gasteiger partial charge in [-0.3, -0.25) is 9.36 Å². The second kappa shape index (κ2) is 11.1. The van der Waals surface area contributed by atoms with Gasteiger partial charge in [-0.05, 0) is 54.4 Å². The number of carbonyl (C=O) groups excluding carboxylic acids is 1. The Kier molecular flexibility index (Phi) is 7.28. The van der Waals surface area contributed by atoms with E-state index in [1.807, 2.05) is 84.9 Å². The summed E-state index contributed by atoms with van der Waals surface area (Å²) < 4.78 is 18.4. The van der Waals surface area contributed by atoms with E-state index in [1.54, 1.807) is 6.92 Å². The first-order valence-electron chi connectivity index (χ1n) is 11.7. The Morgan fingerprint density at radius 1 is 0.892 bits per heavy atom. The third-order valence-corrected chi connectivity index (χ3v) is 6.84. The van der Waals surface area contributed by atoms with E-state index >= 15 is 0 Å². The van der Waals surface area contributed by atoms with Crippen molar-refractivity contribution in [2.45, 2.75) is 13.5 Å². The Balaban J connectivity index is 1.29. The minimum absolute atomic E-state index is 0.0977. The number of fused-ring (bicyclic) bond motifs is 1. The number of hydrogen-bond donors (Lipinski definition) is 0. The van der Waals surface area contributed by atoms with Gasteiger partial charge < -0.3 is 14.2 Å². The summed E-state index contributed by atoms with van der Waals surface area (Å²) in [5, 5.41) is 0.427. The van der Waals surface area contributed by atoms with Gasteiger partial charge in [-0.1, -0.05) is 48.5 Å². The van der Waals surface area contributed by atoms with E-state index in [0.29, 0.717) is 38.7 Å². The molecular weight excluding hydrogens is 488 g/mol. The van der Waals surface area contributed by atoms with Crippen LogP contribution in [0.5, 0.6) is 17.2 Å². The van der Waals surface area contributed by atoms with Crippen LogP contribution in [0.2, 0.25) is 0 Å². The highest BCUT2D eigenvalue weighted by atomic mass is 32.1. The molecule has 3 aromatic carbocycles. The van der Waals surface area contributed by atoms with Crippen LogP contribution in [0.1, 0.15) is 20.8 Å². The maximum atomic E-state index is 13.3. The zero-order valence-electron chi connectivity index (χ0n) is 20.1. The van der Waals surface area contributed by atoms with Crippen LogP contribution in [-0.4, -0.2) is 28.7 Å². The van der Waals surface area contributed by atoms with E-state index in [9.17, 15) is 9.59 Å². The molecule has 5 rings (SSSR count). The average molecular weight is 513 g/mol. The van der Waals surface area contributed by atoms with E-state index in [1.165, 1.54) is 10.9 Å². The minimum atomic E-state index is -0.492. The van der Waals surface area contributed by atoms with Crippen molar-refractivity contribution >= 4 is 27.5 Å². The van der Waals surface area contributed by atoms with Crippen LogP contribution in [0, 0.1) is 6.92 Å². The molecule has 0 saturated carbocycles. The van der Waals surface area contributed by atoms with Crippen molar-refractivity contribution in [2.24, 2.45) is 0 Å². The fraction of sp³-hybridized carbons (Fsp3) is 0.138. The number of nitrogens with zero attached hydrogens (tertiary/aromatic N) is 2. The van der Waals surface area contributed by atoms with Crippen LogP contribution in [0.3, 0.4) is 0 Å². The van der Waals surface area contributed by atoms with Crippen molar-refractivity contribution in [3.63, 3.8) is 0 Å². The smallest absolute Gasteiger partial charge is 0.348 e. The molecule has 0 aliphatic heterocycles. The van der Waals surface area contributed by atoms with Gasteiger partial charge in [0.05, 0.1) is 18.3 Å². The topological polar surface area (TPSA) is 79.7 Å². The monoisotopic (exact) mass is 512 g/mol. The van der Waals surface area contributed by atoms with Crippen molar-refractivity contribution < 1.29 is 19.0 Å². The molecule has 0 radical (unpaired) electrons. The van der Waals surface area contributed by atoms with E-state index < -0.39 is 5.97 Å². The standard InChI is InChI=1S/C29H24N2O5S/c1-20-25-27(37-26(20)29(33)35-16-15-34-22-10-4-2-5-11-22)30-19-31(28(25)32)18-21-9-8-14-24(17-21)36-23-12-6-3-7-13-23/h2-14,17,19H,15-16,18H2,1H3. The summed E-state index contributed by atoms with van der Waals surface area (Å²) in [5.41, 5.74) is 1.25. The molecule has 186 valence electrons. The van der Waals surface area contributed by atoms with Crippen LogP contribution < -0.4 is 15.0 Å². The number of hydrogen-bond acceptors (Lipinski definition) is 7. The molecule has 5 aromatic rings. The number of aryl methyl sites for hydroxylation is 1. The molecule has 0 aliphatic rings. The van der Waals surface area contributed by atoms with Gasteiger partial charge in [0.2, 0.25) is 0 Å². The average Bonchev–Trinajstić information content (AvgIpc) is 3.26. The predicted molar refractivity (Wildman–Crippen MR) is 143 cm³/mol. The van der Waals surface area contributed by atoms with Crippen molar-refractivity contribution in [1.82, 2.24) is 9.55 Å². The lowest BCUT2D eigenvalue weighted by Gasteiger charge is -2.09. The number of aromatic nitrogens is 2. The molecule has 0 bridgehead atoms. The first kappa shape index (κ1) is 24.3. The summed E-state index contributed by atoms with van der Waals surface area (Å²) in [7, 11) is 0. The zero-order valence-corrected chi connectivity index (χ0v) is 20.9. The quantitative estimate of drug-likeness (QED) is 0.182. The minimum Gasteiger partial charge on any atom is -0.490 e. The third-order valence-electron chi connectivity index (χ3n) is 5.66. The number of esters is 1. The fourth-order valence-corrected chi connectivity index (χ4v) is 4.90. The molecule has 7 nitrogen and oxygen atoms in total. The molecule has 0 saturated heterocycles. The first-order valence-corrected chi connectivity index (χ1v) is 12.6. The Bertz CT molecular complexity index is 1580. The summed E-state index contributed by atoms with van der Waals surface area (Å²) in [5.74, 6) is 1.63. The maximum Gasteiger partial charge on any atom is 0.348 e. The van der Waals surface area contributed by atoms with Crippen LogP contribution in [0.4, 0.5) is 0 Å². The van der Waals surface area contributed by atoms with Gasteiger partial charge in [-0.15, -0.1) is 11.3 Å². The normalized spacial score (nSPS) is 10.8. The second-order valence-corrected chi connectivity index (χ2v) is 9.27. The van der Waals surface area contributed by atoms with E-state index in [4.69, 9.17) is 14.2 Å². The van der Waals surface area contributed by atoms with Gasteiger partial charge in [-0.25, -0.2) is 9.78 Å². The molecule has 37 heavy (non-hydrogen) atoms. The van der Waals surface area contributed by atoms with Gasteiger partial charge in [0.15, 0.2) is 0 Å². The number of benzene rings is 3. The lowest BCUT2D eigenvalue weighted by molar-refractivity contribution is 0.0455. The van der Waals surface area contributed by atoms with Crippen molar-refractivity contribution in [3.05, 3.63) is 118 Å². The molecule has 2 heterocycles. The Morgan fingerprint density at radius 2 is 1.59 bits per heavy atom. The SMILES string of the molecule is Cc1c(C(=O)OCCOc2ccccc2)sc2ncn(Cc3cccc(Oc4ccccc4)c3)c(=O)c12.